The number of fused-ring (bicyclic) bond motifs is 1. The highest BCUT2D eigenvalue weighted by Gasteiger charge is 2.51. The number of nitrogens with one attached hydrogen (secondary N) is 2. The molecule has 0 spiro atoms. The Kier molecular flexibility index (Phi) is 8.39. The molecule has 9 nitrogen and oxygen atoms in total. The summed E-state index contributed by atoms with van der Waals surface area (Å²) in [6.07, 6.45) is -4.03. The number of ether oxygens (including phenoxy) is 2. The molecule has 4 rings (SSSR count). The van der Waals surface area contributed by atoms with E-state index in [1.807, 2.05) is 6.92 Å². The minimum Gasteiger partial charge on any atom is -0.489 e. The van der Waals surface area contributed by atoms with E-state index in [0.29, 0.717) is 13.8 Å². The zero-order valence-electron chi connectivity index (χ0n) is 21.7. The Bertz CT molecular complexity index is 1330. The Morgan fingerprint density at radius 3 is 2.21 bits per heavy atom. The number of nitrogens with zero attached hydrogens (tertiary/aromatic N) is 1. The highest BCUT2D eigenvalue weighted by molar-refractivity contribution is 7.92. The van der Waals surface area contributed by atoms with E-state index >= 15 is 0 Å². The van der Waals surface area contributed by atoms with Gasteiger partial charge in [0.1, 0.15) is 18.2 Å². The maximum atomic E-state index is 13.2. The molecule has 0 unspecified atom stereocenters. The molecule has 1 fully saturated rings. The van der Waals surface area contributed by atoms with E-state index in [0.717, 1.165) is 41.4 Å². The highest BCUT2D eigenvalue weighted by atomic mass is 32.2. The molecule has 1 aliphatic heterocycles. The summed E-state index contributed by atoms with van der Waals surface area (Å²) in [7, 11) is -2.41. The van der Waals surface area contributed by atoms with Gasteiger partial charge in [0.15, 0.2) is 0 Å². The molecule has 0 atom stereocenters. The smallest absolute Gasteiger partial charge is 0.427 e. The van der Waals surface area contributed by atoms with Crippen LogP contribution in [0.15, 0.2) is 47.4 Å². The number of amides is 2. The first-order chi connectivity index (χ1) is 18.0. The van der Waals surface area contributed by atoms with Crippen molar-refractivity contribution >= 4 is 33.4 Å². The summed E-state index contributed by atoms with van der Waals surface area (Å²) >= 11 is 0. The van der Waals surface area contributed by atoms with Gasteiger partial charge >= 0.3 is 12.3 Å². The van der Waals surface area contributed by atoms with Crippen LogP contribution in [0.3, 0.4) is 0 Å². The van der Waals surface area contributed by atoms with Crippen LogP contribution in [-0.2, 0) is 19.6 Å². The van der Waals surface area contributed by atoms with Crippen molar-refractivity contribution in [2.24, 2.45) is 5.41 Å². The Morgan fingerprint density at radius 2 is 1.69 bits per heavy atom. The molecule has 1 aliphatic carbocycles. The predicted octanol–water partition coefficient (Wildman–Crippen LogP) is 4.84. The molecule has 14 heteroatoms. The lowest BCUT2D eigenvalue weighted by Gasteiger charge is -2.31. The molecular weight excluding hydrogens is 546 g/mol. The summed E-state index contributed by atoms with van der Waals surface area (Å²) in [5, 5.41) is 4.78. The lowest BCUT2D eigenvalue weighted by molar-refractivity contribution is -0.242. The number of alkyl halides is 3. The van der Waals surface area contributed by atoms with Crippen LogP contribution in [-0.4, -0.2) is 52.4 Å². The topological polar surface area (TPSA) is 114 Å². The van der Waals surface area contributed by atoms with Crippen LogP contribution in [0.25, 0.3) is 0 Å². The van der Waals surface area contributed by atoms with Gasteiger partial charge in [-0.25, -0.2) is 17.6 Å². The van der Waals surface area contributed by atoms with E-state index in [2.05, 4.69) is 15.4 Å². The minimum atomic E-state index is -4.78. The van der Waals surface area contributed by atoms with Crippen LogP contribution in [0.2, 0.25) is 0 Å². The first-order valence-electron chi connectivity index (χ1n) is 11.8. The number of hydrogen-bond donors (Lipinski definition) is 2. The molecule has 2 amide bonds. The average molecular weight is 576 g/mol. The maximum Gasteiger partial charge on any atom is 0.427 e. The average Bonchev–Trinajstić information content (AvgIpc) is 3.61. The molecule has 39 heavy (non-hydrogen) atoms. The number of carbonyl (C=O) groups excluding carboxylic acids is 2. The molecule has 0 bridgehead atoms. The first kappa shape index (κ1) is 30.0. The SMILES string of the molecule is CC(C)(OC(=O)Nc1ccc2c(c1)N(S(=O)(=O)c1ccc(F)cc1)CCO2)C(F)(F)F.CNC(=O)C1(C)CC1. The van der Waals surface area contributed by atoms with Gasteiger partial charge in [0.25, 0.3) is 10.0 Å². The lowest BCUT2D eigenvalue weighted by Crippen LogP contribution is -2.44. The summed E-state index contributed by atoms with van der Waals surface area (Å²) < 4.78 is 88.8. The van der Waals surface area contributed by atoms with E-state index in [9.17, 15) is 35.6 Å². The fourth-order valence-corrected chi connectivity index (χ4v) is 4.85. The predicted molar refractivity (Wildman–Crippen MR) is 135 cm³/mol. The molecule has 2 aromatic rings. The number of halogens is 4. The van der Waals surface area contributed by atoms with Crippen molar-refractivity contribution in [1.29, 1.82) is 0 Å². The number of sulfonamides is 1. The fraction of sp³-hybridized carbons (Fsp3) is 0.440. The standard InChI is InChI=1S/C19H18F4N2O5S.C6H11NO/c1-18(2,19(21,22)23)30-17(26)24-13-5-8-16-15(11-13)25(9-10-29-16)31(27,28)14-6-3-12(20)4-7-14;1-6(3-4-6)5(8)7-2/h3-8,11H,9-10H2,1-2H3,(H,24,26);3-4H2,1-2H3,(H,7,8). The zero-order chi connectivity index (χ0) is 29.2. The van der Waals surface area contributed by atoms with Crippen molar-refractivity contribution in [2.75, 3.05) is 29.8 Å². The van der Waals surface area contributed by atoms with Gasteiger partial charge in [0.05, 0.1) is 17.1 Å². The maximum absolute atomic E-state index is 13.2. The summed E-state index contributed by atoms with van der Waals surface area (Å²) in [5.74, 6) is -0.225. The second-order valence-electron chi connectivity index (χ2n) is 9.72. The Balaban J connectivity index is 0.000000449. The molecule has 1 saturated carbocycles. The van der Waals surface area contributed by atoms with E-state index < -0.39 is 33.7 Å². The van der Waals surface area contributed by atoms with Crippen molar-refractivity contribution in [2.45, 2.75) is 50.3 Å². The van der Waals surface area contributed by atoms with Gasteiger partial charge in [-0.15, -0.1) is 0 Å². The van der Waals surface area contributed by atoms with Gasteiger partial charge in [0, 0.05) is 18.2 Å². The normalized spacial score (nSPS) is 16.1. The number of rotatable bonds is 5. The summed E-state index contributed by atoms with van der Waals surface area (Å²) in [4.78, 5) is 22.6. The second kappa shape index (κ2) is 10.9. The van der Waals surface area contributed by atoms with Gasteiger partial charge in [-0.05, 0) is 69.2 Å². The third-order valence-electron chi connectivity index (χ3n) is 6.23. The fourth-order valence-electron chi connectivity index (χ4n) is 3.40. The molecule has 2 aliphatic rings. The van der Waals surface area contributed by atoms with E-state index in [4.69, 9.17) is 4.74 Å². The summed E-state index contributed by atoms with van der Waals surface area (Å²) in [5.41, 5.74) is -2.67. The van der Waals surface area contributed by atoms with Crippen LogP contribution in [0, 0.1) is 11.2 Å². The van der Waals surface area contributed by atoms with E-state index in [-0.39, 0.29) is 46.5 Å². The summed E-state index contributed by atoms with van der Waals surface area (Å²) in [6.45, 7) is 3.37. The van der Waals surface area contributed by atoms with Gasteiger partial charge in [-0.1, -0.05) is 6.92 Å². The van der Waals surface area contributed by atoms with Crippen LogP contribution in [0.4, 0.5) is 33.7 Å². The van der Waals surface area contributed by atoms with Crippen molar-refractivity contribution < 1.29 is 45.0 Å². The van der Waals surface area contributed by atoms with Gasteiger partial charge in [0.2, 0.25) is 11.5 Å². The monoisotopic (exact) mass is 575 g/mol. The molecule has 2 aromatic carbocycles. The highest BCUT2D eigenvalue weighted by Crippen LogP contribution is 2.44. The quantitative estimate of drug-likeness (QED) is 0.494. The number of hydrogen-bond acceptors (Lipinski definition) is 6. The molecule has 0 saturated heterocycles. The molecular formula is C25H29F4N3O6S. The third kappa shape index (κ3) is 6.91. The van der Waals surface area contributed by atoms with Crippen molar-refractivity contribution in [1.82, 2.24) is 5.32 Å². The zero-order valence-corrected chi connectivity index (χ0v) is 22.5. The van der Waals surface area contributed by atoms with Gasteiger partial charge in [-0.2, -0.15) is 13.2 Å². The number of benzene rings is 2. The molecule has 0 radical (unpaired) electrons. The minimum absolute atomic E-state index is 0.00784. The summed E-state index contributed by atoms with van der Waals surface area (Å²) in [6, 6.07) is 8.16. The van der Waals surface area contributed by atoms with E-state index in [1.54, 1.807) is 7.05 Å². The molecule has 1 heterocycles. The Morgan fingerprint density at radius 1 is 1.08 bits per heavy atom. The van der Waals surface area contributed by atoms with Crippen molar-refractivity contribution in [3.05, 3.63) is 48.3 Å². The van der Waals surface area contributed by atoms with Crippen LogP contribution in [0.1, 0.15) is 33.6 Å². The Hall–Kier alpha value is -3.55. The lowest BCUT2D eigenvalue weighted by atomic mass is 10.1. The second-order valence-corrected chi connectivity index (χ2v) is 11.6. The third-order valence-corrected chi connectivity index (χ3v) is 8.06. The van der Waals surface area contributed by atoms with Crippen molar-refractivity contribution in [3.8, 4) is 5.75 Å². The number of carbonyl (C=O) groups is 2. The molecule has 2 N–H and O–H groups in total. The van der Waals surface area contributed by atoms with Crippen LogP contribution < -0.4 is 19.7 Å². The largest absolute Gasteiger partial charge is 0.489 e. The molecule has 0 aromatic heterocycles. The van der Waals surface area contributed by atoms with E-state index in [1.165, 1.54) is 18.2 Å². The van der Waals surface area contributed by atoms with Crippen LogP contribution in [0.5, 0.6) is 5.75 Å². The van der Waals surface area contributed by atoms with Crippen LogP contribution >= 0.6 is 0 Å². The molecule has 214 valence electrons. The van der Waals surface area contributed by atoms with Gasteiger partial charge in [-0.3, -0.25) is 14.4 Å². The van der Waals surface area contributed by atoms with Crippen molar-refractivity contribution in [3.63, 3.8) is 0 Å². The first-order valence-corrected chi connectivity index (χ1v) is 13.3. The van der Waals surface area contributed by atoms with Gasteiger partial charge < -0.3 is 14.8 Å². The number of anilines is 2. The Labute approximate surface area is 223 Å².